The molecule has 2 saturated heterocycles. The van der Waals surface area contributed by atoms with E-state index >= 15 is 0 Å². The van der Waals surface area contributed by atoms with Crippen LogP contribution in [0.4, 0.5) is 0 Å². The van der Waals surface area contributed by atoms with Crippen LogP contribution in [0.25, 0.3) is 0 Å². The molecular weight excluding hydrogens is 236 g/mol. The molecule has 2 rings (SSSR count). The Morgan fingerprint density at radius 2 is 2.29 bits per heavy atom. The van der Waals surface area contributed by atoms with Gasteiger partial charge >= 0.3 is 0 Å². The van der Waals surface area contributed by atoms with E-state index in [-0.39, 0.29) is 5.91 Å². The molecule has 0 radical (unpaired) electrons. The molecule has 0 aromatic heterocycles. The van der Waals surface area contributed by atoms with Crippen LogP contribution in [-0.2, 0) is 9.53 Å². The van der Waals surface area contributed by atoms with Crippen LogP contribution in [0.1, 0.15) is 25.7 Å². The van der Waals surface area contributed by atoms with Crippen molar-refractivity contribution < 1.29 is 9.53 Å². The largest absolute Gasteiger partial charge is 0.368 e. The molecule has 17 heavy (non-hydrogen) atoms. The molecule has 0 aliphatic carbocycles. The number of thioether (sulfide) groups is 1. The average Bonchev–Trinajstić information content (AvgIpc) is 2.90. The van der Waals surface area contributed by atoms with Gasteiger partial charge in [0, 0.05) is 18.9 Å². The first-order chi connectivity index (χ1) is 8.27. The van der Waals surface area contributed by atoms with Crippen molar-refractivity contribution in [1.29, 1.82) is 0 Å². The highest BCUT2D eigenvalue weighted by Crippen LogP contribution is 2.26. The molecule has 0 spiro atoms. The predicted molar refractivity (Wildman–Crippen MR) is 70.3 cm³/mol. The first-order valence-electron chi connectivity index (χ1n) is 6.43. The van der Waals surface area contributed by atoms with E-state index in [0.29, 0.717) is 5.25 Å². The molecule has 0 bridgehead atoms. The van der Waals surface area contributed by atoms with Crippen LogP contribution in [0.5, 0.6) is 0 Å². The lowest BCUT2D eigenvalue weighted by atomic mass is 9.91. The highest BCUT2D eigenvalue weighted by Gasteiger charge is 2.39. The number of ether oxygens (including phenoxy) is 1. The number of piperidine rings is 1. The molecule has 2 aliphatic heterocycles. The minimum atomic E-state index is -0.589. The summed E-state index contributed by atoms with van der Waals surface area (Å²) in [4.78, 5) is 12.2. The number of carbonyl (C=O) groups excluding carboxylic acids is 1. The number of hydrogen-bond acceptors (Lipinski definition) is 4. The van der Waals surface area contributed by atoms with Crippen molar-refractivity contribution in [3.05, 3.63) is 0 Å². The molecule has 4 nitrogen and oxygen atoms in total. The van der Waals surface area contributed by atoms with Crippen molar-refractivity contribution in [3.8, 4) is 0 Å². The maximum absolute atomic E-state index is 12.2. The summed E-state index contributed by atoms with van der Waals surface area (Å²) in [6, 6.07) is 0. The summed E-state index contributed by atoms with van der Waals surface area (Å²) in [6.45, 7) is 2.51. The van der Waals surface area contributed by atoms with Gasteiger partial charge in [-0.1, -0.05) is 0 Å². The van der Waals surface area contributed by atoms with E-state index in [1.807, 2.05) is 11.8 Å². The summed E-state index contributed by atoms with van der Waals surface area (Å²) in [6.07, 6.45) is 4.05. The van der Waals surface area contributed by atoms with Crippen LogP contribution >= 0.6 is 11.8 Å². The maximum Gasteiger partial charge on any atom is 0.252 e. The summed E-state index contributed by atoms with van der Waals surface area (Å²) >= 11 is 1.97. The van der Waals surface area contributed by atoms with Gasteiger partial charge in [-0.3, -0.25) is 4.79 Å². The van der Waals surface area contributed by atoms with Crippen LogP contribution in [-0.4, -0.2) is 49.3 Å². The smallest absolute Gasteiger partial charge is 0.252 e. The molecule has 1 atom stereocenters. The Morgan fingerprint density at radius 3 is 2.88 bits per heavy atom. The molecule has 2 fully saturated rings. The number of rotatable bonds is 4. The Labute approximate surface area is 107 Å². The van der Waals surface area contributed by atoms with Gasteiger partial charge in [0.1, 0.15) is 5.60 Å². The monoisotopic (exact) mass is 258 g/mol. The van der Waals surface area contributed by atoms with E-state index in [4.69, 9.17) is 4.74 Å². The fourth-order valence-corrected chi connectivity index (χ4v) is 3.73. The van der Waals surface area contributed by atoms with Gasteiger partial charge in [0.2, 0.25) is 0 Å². The van der Waals surface area contributed by atoms with Crippen molar-refractivity contribution >= 4 is 17.7 Å². The second-order valence-electron chi connectivity index (χ2n) is 4.79. The minimum Gasteiger partial charge on any atom is -0.368 e. The predicted octanol–water partition coefficient (Wildman–Crippen LogP) is 0.767. The topological polar surface area (TPSA) is 50.4 Å². The number of carbonyl (C=O) groups is 1. The zero-order valence-corrected chi connectivity index (χ0v) is 11.3. The molecule has 98 valence electrons. The zero-order valence-electron chi connectivity index (χ0n) is 10.5. The fraction of sp³-hybridized carbons (Fsp3) is 0.917. The van der Waals surface area contributed by atoms with Crippen molar-refractivity contribution in [2.24, 2.45) is 0 Å². The number of hydrogen-bond donors (Lipinski definition) is 2. The quantitative estimate of drug-likeness (QED) is 0.782. The summed E-state index contributed by atoms with van der Waals surface area (Å²) in [5.41, 5.74) is -0.589. The summed E-state index contributed by atoms with van der Waals surface area (Å²) < 4.78 is 5.50. The second-order valence-corrected chi connectivity index (χ2v) is 6.20. The molecule has 1 amide bonds. The average molecular weight is 258 g/mol. The number of methoxy groups -OCH3 is 1. The van der Waals surface area contributed by atoms with Crippen LogP contribution < -0.4 is 10.6 Å². The third-order valence-electron chi connectivity index (χ3n) is 3.73. The fourth-order valence-electron chi connectivity index (χ4n) is 2.53. The zero-order chi connectivity index (χ0) is 12.1. The second kappa shape index (κ2) is 6.07. The van der Waals surface area contributed by atoms with Crippen LogP contribution in [0.3, 0.4) is 0 Å². The summed E-state index contributed by atoms with van der Waals surface area (Å²) in [5.74, 6) is 1.31. The molecular formula is C12H22N2O2S. The van der Waals surface area contributed by atoms with Gasteiger partial charge in [0.15, 0.2) is 0 Å². The van der Waals surface area contributed by atoms with Crippen LogP contribution in [0.2, 0.25) is 0 Å². The number of nitrogens with one attached hydrogen (secondary N) is 2. The van der Waals surface area contributed by atoms with Gasteiger partial charge in [0.25, 0.3) is 5.91 Å². The van der Waals surface area contributed by atoms with Gasteiger partial charge in [0.05, 0.1) is 0 Å². The lowest BCUT2D eigenvalue weighted by Crippen LogP contribution is -2.54. The van der Waals surface area contributed by atoms with Crippen molar-refractivity contribution in [3.63, 3.8) is 0 Å². The van der Waals surface area contributed by atoms with Crippen LogP contribution in [0, 0.1) is 0 Å². The van der Waals surface area contributed by atoms with E-state index in [2.05, 4.69) is 10.6 Å². The molecule has 0 aromatic carbocycles. The third kappa shape index (κ3) is 3.14. The molecule has 0 aromatic rings. The lowest BCUT2D eigenvalue weighted by molar-refractivity contribution is -0.146. The lowest BCUT2D eigenvalue weighted by Gasteiger charge is -2.35. The highest BCUT2D eigenvalue weighted by atomic mass is 32.2. The van der Waals surface area contributed by atoms with E-state index < -0.39 is 5.60 Å². The Balaban J connectivity index is 1.83. The van der Waals surface area contributed by atoms with E-state index in [1.54, 1.807) is 7.11 Å². The van der Waals surface area contributed by atoms with E-state index in [0.717, 1.165) is 32.5 Å². The standard InChI is InChI=1S/C12H22N2O2S/c1-16-12(4-6-13-7-5-12)11(15)14-9-10-3-2-8-17-10/h10,13H,2-9H2,1H3,(H,14,15). The van der Waals surface area contributed by atoms with Crippen LogP contribution in [0.15, 0.2) is 0 Å². The normalized spacial score (nSPS) is 27.9. The van der Waals surface area contributed by atoms with Gasteiger partial charge in [-0.2, -0.15) is 11.8 Å². The van der Waals surface area contributed by atoms with Gasteiger partial charge < -0.3 is 15.4 Å². The molecule has 2 heterocycles. The minimum absolute atomic E-state index is 0.0778. The SMILES string of the molecule is COC1(C(=O)NCC2CCCS2)CCNCC1. The highest BCUT2D eigenvalue weighted by molar-refractivity contribution is 8.00. The first-order valence-corrected chi connectivity index (χ1v) is 7.47. The van der Waals surface area contributed by atoms with Crippen molar-refractivity contribution in [2.45, 2.75) is 36.5 Å². The Hall–Kier alpha value is -0.260. The third-order valence-corrected chi connectivity index (χ3v) is 5.13. The molecule has 5 heteroatoms. The van der Waals surface area contributed by atoms with Gasteiger partial charge in [-0.05, 0) is 44.5 Å². The molecule has 2 N–H and O–H groups in total. The maximum atomic E-state index is 12.2. The Bertz CT molecular complexity index is 261. The first kappa shape index (κ1) is 13.2. The van der Waals surface area contributed by atoms with Gasteiger partial charge in [-0.25, -0.2) is 0 Å². The van der Waals surface area contributed by atoms with Crippen molar-refractivity contribution in [2.75, 3.05) is 32.5 Å². The molecule has 2 aliphatic rings. The molecule has 0 saturated carbocycles. The van der Waals surface area contributed by atoms with E-state index in [9.17, 15) is 4.79 Å². The summed E-state index contributed by atoms with van der Waals surface area (Å²) in [5, 5.41) is 6.94. The molecule has 1 unspecified atom stereocenters. The van der Waals surface area contributed by atoms with E-state index in [1.165, 1.54) is 18.6 Å². The Morgan fingerprint density at radius 1 is 1.53 bits per heavy atom. The summed E-state index contributed by atoms with van der Waals surface area (Å²) in [7, 11) is 1.65. The van der Waals surface area contributed by atoms with Crippen molar-refractivity contribution in [1.82, 2.24) is 10.6 Å². The Kier molecular flexibility index (Phi) is 4.70. The number of amides is 1. The van der Waals surface area contributed by atoms with Gasteiger partial charge in [-0.15, -0.1) is 0 Å².